The van der Waals surface area contributed by atoms with Crippen LogP contribution in [0.15, 0.2) is 24.4 Å². The normalized spacial score (nSPS) is 18.1. The van der Waals surface area contributed by atoms with Crippen LogP contribution >= 0.6 is 0 Å². The molecule has 0 saturated carbocycles. The van der Waals surface area contributed by atoms with Gasteiger partial charge in [0.2, 0.25) is 0 Å². The fourth-order valence-corrected chi connectivity index (χ4v) is 3.31. The molecule has 2 heterocycles. The van der Waals surface area contributed by atoms with E-state index in [1.54, 1.807) is 11.9 Å². The van der Waals surface area contributed by atoms with Crippen molar-refractivity contribution >= 4 is 29.6 Å². The van der Waals surface area contributed by atoms with Gasteiger partial charge in [-0.25, -0.2) is 4.79 Å². The summed E-state index contributed by atoms with van der Waals surface area (Å²) in [6, 6.07) is 6.01. The summed E-state index contributed by atoms with van der Waals surface area (Å²) in [7, 11) is 1.33. The van der Waals surface area contributed by atoms with Crippen molar-refractivity contribution in [2.24, 2.45) is 0 Å². The molecule has 164 valence electrons. The summed E-state index contributed by atoms with van der Waals surface area (Å²) in [6.45, 7) is 15.1. The van der Waals surface area contributed by atoms with Crippen molar-refractivity contribution in [3.8, 4) is 0 Å². The third-order valence-corrected chi connectivity index (χ3v) is 5.72. The van der Waals surface area contributed by atoms with Gasteiger partial charge < -0.3 is 18.9 Å². The monoisotopic (exact) mass is 415 g/mol. The molecular weight excluding hydrogens is 381 g/mol. The minimum Gasteiger partial charge on any atom is -0.444 e. The molecule has 0 unspecified atom stereocenters. The van der Waals surface area contributed by atoms with Gasteiger partial charge in [0, 0.05) is 31.7 Å². The molecule has 0 N–H and O–H groups in total. The van der Waals surface area contributed by atoms with Gasteiger partial charge in [-0.2, -0.15) is 5.10 Å². The Labute approximate surface area is 179 Å². The summed E-state index contributed by atoms with van der Waals surface area (Å²) in [6.07, 6.45) is 2.50. The zero-order chi connectivity index (χ0) is 22.3. The molecule has 1 aliphatic heterocycles. The van der Waals surface area contributed by atoms with Crippen LogP contribution in [0, 0.1) is 0 Å². The SMILES string of the molecule is CN(CCCn1cc2c(B3OC(C)(C)C(C)(C)O3)cccc2n1)C(=O)OC(C)(C)C. The van der Waals surface area contributed by atoms with Crippen LogP contribution in [-0.2, 0) is 20.6 Å². The van der Waals surface area contributed by atoms with Crippen LogP contribution in [0.2, 0.25) is 0 Å². The number of hydrogen-bond donors (Lipinski definition) is 0. The standard InChI is InChI=1S/C22H34BN3O4/c1-20(2,3)28-19(27)25(8)13-10-14-26-15-16-17(11-9-12-18(16)24-26)23-29-21(4,5)22(6,7)30-23/h9,11-12,15H,10,13-14H2,1-8H3. The van der Waals surface area contributed by atoms with Crippen molar-refractivity contribution in [2.45, 2.75) is 78.2 Å². The smallest absolute Gasteiger partial charge is 0.444 e. The van der Waals surface area contributed by atoms with E-state index in [4.69, 9.17) is 14.0 Å². The van der Waals surface area contributed by atoms with E-state index in [1.807, 2.05) is 49.8 Å². The van der Waals surface area contributed by atoms with Gasteiger partial charge in [0.15, 0.2) is 0 Å². The van der Waals surface area contributed by atoms with Crippen LogP contribution in [0.5, 0.6) is 0 Å². The second kappa shape index (κ2) is 7.89. The molecule has 2 aromatic rings. The number of amides is 1. The fraction of sp³-hybridized carbons (Fsp3) is 0.636. The molecule has 1 fully saturated rings. The molecule has 3 rings (SSSR count). The van der Waals surface area contributed by atoms with Crippen LogP contribution in [0.4, 0.5) is 4.79 Å². The Kier molecular flexibility index (Phi) is 5.95. The van der Waals surface area contributed by atoms with Crippen molar-refractivity contribution in [3.05, 3.63) is 24.4 Å². The predicted octanol–water partition coefficient (Wildman–Crippen LogP) is 3.59. The van der Waals surface area contributed by atoms with Crippen LogP contribution in [-0.4, -0.2) is 58.3 Å². The summed E-state index contributed by atoms with van der Waals surface area (Å²) in [4.78, 5) is 13.7. The van der Waals surface area contributed by atoms with Gasteiger partial charge in [-0.3, -0.25) is 4.68 Å². The molecule has 1 saturated heterocycles. The van der Waals surface area contributed by atoms with Crippen molar-refractivity contribution < 1.29 is 18.8 Å². The summed E-state index contributed by atoms with van der Waals surface area (Å²) >= 11 is 0. The number of fused-ring (bicyclic) bond motifs is 1. The van der Waals surface area contributed by atoms with E-state index in [9.17, 15) is 4.79 Å². The van der Waals surface area contributed by atoms with E-state index in [-0.39, 0.29) is 17.3 Å². The number of ether oxygens (including phenoxy) is 1. The maximum absolute atomic E-state index is 12.1. The fourth-order valence-electron chi connectivity index (χ4n) is 3.31. The molecule has 1 amide bonds. The van der Waals surface area contributed by atoms with Crippen LogP contribution in [0.3, 0.4) is 0 Å². The molecule has 8 heteroatoms. The summed E-state index contributed by atoms with van der Waals surface area (Å²) in [5.41, 5.74) is 0.630. The summed E-state index contributed by atoms with van der Waals surface area (Å²) in [5, 5.41) is 5.71. The van der Waals surface area contributed by atoms with Crippen molar-refractivity contribution in [3.63, 3.8) is 0 Å². The first-order valence-electron chi connectivity index (χ1n) is 10.5. The third kappa shape index (κ3) is 4.81. The summed E-state index contributed by atoms with van der Waals surface area (Å²) < 4.78 is 19.8. The lowest BCUT2D eigenvalue weighted by Gasteiger charge is -2.32. The van der Waals surface area contributed by atoms with Crippen molar-refractivity contribution in [1.29, 1.82) is 0 Å². The maximum Gasteiger partial charge on any atom is 0.495 e. The molecule has 7 nitrogen and oxygen atoms in total. The zero-order valence-corrected chi connectivity index (χ0v) is 19.5. The zero-order valence-electron chi connectivity index (χ0n) is 19.5. The van der Waals surface area contributed by atoms with Gasteiger partial charge in [0.1, 0.15) is 5.60 Å². The number of benzene rings is 1. The second-order valence-corrected chi connectivity index (χ2v) is 10.0. The largest absolute Gasteiger partial charge is 0.495 e. The number of aryl methyl sites for hydroxylation is 1. The van der Waals surface area contributed by atoms with E-state index in [1.165, 1.54) is 0 Å². The molecule has 30 heavy (non-hydrogen) atoms. The average molecular weight is 415 g/mol. The van der Waals surface area contributed by atoms with Crippen LogP contribution in [0.25, 0.3) is 10.9 Å². The van der Waals surface area contributed by atoms with Crippen molar-refractivity contribution in [1.82, 2.24) is 14.7 Å². The van der Waals surface area contributed by atoms with Crippen LogP contribution < -0.4 is 5.46 Å². The highest BCUT2D eigenvalue weighted by atomic mass is 16.7. The summed E-state index contributed by atoms with van der Waals surface area (Å²) in [5.74, 6) is 0. The first-order valence-corrected chi connectivity index (χ1v) is 10.5. The van der Waals surface area contributed by atoms with Gasteiger partial charge in [-0.1, -0.05) is 12.1 Å². The van der Waals surface area contributed by atoms with E-state index in [2.05, 4.69) is 32.8 Å². The topological polar surface area (TPSA) is 65.8 Å². The van der Waals surface area contributed by atoms with Gasteiger partial charge >= 0.3 is 13.2 Å². The maximum atomic E-state index is 12.1. The van der Waals surface area contributed by atoms with Crippen LogP contribution in [0.1, 0.15) is 54.9 Å². The average Bonchev–Trinajstić information content (AvgIpc) is 3.10. The minimum atomic E-state index is -0.491. The molecule has 0 aliphatic carbocycles. The predicted molar refractivity (Wildman–Crippen MR) is 119 cm³/mol. The first-order chi connectivity index (χ1) is 13.8. The lowest BCUT2D eigenvalue weighted by molar-refractivity contribution is 0.00578. The molecular formula is C22H34BN3O4. The quantitative estimate of drug-likeness (QED) is 0.699. The van der Waals surface area contributed by atoms with E-state index >= 15 is 0 Å². The Bertz CT molecular complexity index is 901. The number of rotatable bonds is 5. The van der Waals surface area contributed by atoms with E-state index in [0.29, 0.717) is 13.1 Å². The second-order valence-electron chi connectivity index (χ2n) is 10.0. The van der Waals surface area contributed by atoms with E-state index < -0.39 is 12.7 Å². The Morgan fingerprint density at radius 2 is 1.83 bits per heavy atom. The lowest BCUT2D eigenvalue weighted by Crippen LogP contribution is -2.41. The Morgan fingerprint density at radius 3 is 2.43 bits per heavy atom. The number of carbonyl (C=O) groups excluding carboxylic acids is 1. The highest BCUT2D eigenvalue weighted by molar-refractivity contribution is 6.65. The number of nitrogens with zero attached hydrogens (tertiary/aromatic N) is 3. The molecule has 0 atom stereocenters. The third-order valence-electron chi connectivity index (χ3n) is 5.72. The minimum absolute atomic E-state index is 0.309. The first kappa shape index (κ1) is 22.6. The van der Waals surface area contributed by atoms with Gasteiger partial charge in [-0.05, 0) is 66.4 Å². The molecule has 1 aromatic heterocycles. The Balaban J connectivity index is 1.67. The Hall–Kier alpha value is -2.06. The molecule has 1 aliphatic rings. The van der Waals surface area contributed by atoms with Gasteiger partial charge in [-0.15, -0.1) is 0 Å². The van der Waals surface area contributed by atoms with Gasteiger partial charge in [0.25, 0.3) is 0 Å². The molecule has 0 spiro atoms. The van der Waals surface area contributed by atoms with Gasteiger partial charge in [0.05, 0.1) is 16.7 Å². The van der Waals surface area contributed by atoms with Crippen molar-refractivity contribution in [2.75, 3.05) is 13.6 Å². The highest BCUT2D eigenvalue weighted by Crippen LogP contribution is 2.37. The number of hydrogen-bond acceptors (Lipinski definition) is 5. The Morgan fingerprint density at radius 1 is 1.20 bits per heavy atom. The lowest BCUT2D eigenvalue weighted by atomic mass is 9.77. The molecule has 1 aromatic carbocycles. The highest BCUT2D eigenvalue weighted by Gasteiger charge is 2.52. The molecule has 0 radical (unpaired) electrons. The number of aromatic nitrogens is 2. The number of carbonyl (C=O) groups is 1. The van der Waals surface area contributed by atoms with E-state index in [0.717, 1.165) is 22.8 Å². The molecule has 0 bridgehead atoms.